The molecule has 41 heavy (non-hydrogen) atoms. The van der Waals surface area contributed by atoms with Crippen LogP contribution in [0.25, 0.3) is 10.9 Å². The molecule has 4 aliphatic rings. The minimum absolute atomic E-state index is 0.150. The largest absolute Gasteiger partial charge is 0.493 e. The van der Waals surface area contributed by atoms with Gasteiger partial charge in [0.15, 0.2) is 5.69 Å². The van der Waals surface area contributed by atoms with Crippen LogP contribution < -0.4 is 0 Å². The average Bonchev–Trinajstić information content (AvgIpc) is 3.43. The van der Waals surface area contributed by atoms with E-state index in [4.69, 9.17) is 11.6 Å². The number of aliphatic hydroxyl groups excluding tert-OH is 2. The fourth-order valence-corrected chi connectivity index (χ4v) is 11.1. The van der Waals surface area contributed by atoms with E-state index in [1.54, 1.807) is 12.1 Å². The third kappa shape index (κ3) is 4.98. The van der Waals surface area contributed by atoms with Gasteiger partial charge in [-0.15, -0.1) is 10.2 Å². The van der Waals surface area contributed by atoms with Crippen LogP contribution in [0.1, 0.15) is 85.0 Å². The third-order valence-electron chi connectivity index (χ3n) is 12.3. The number of nitrogens with zero attached hydrogens (tertiary/aromatic N) is 2. The molecule has 4 aliphatic carbocycles. The Morgan fingerprint density at radius 1 is 1.12 bits per heavy atom. The minimum atomic E-state index is -0.295. The van der Waals surface area contributed by atoms with Crippen molar-refractivity contribution in [3.63, 3.8) is 0 Å². The van der Waals surface area contributed by atoms with Crippen LogP contribution in [0.3, 0.4) is 0 Å². The van der Waals surface area contributed by atoms with E-state index < -0.39 is 0 Å². The van der Waals surface area contributed by atoms with E-state index >= 15 is 0 Å². The van der Waals surface area contributed by atoms with Gasteiger partial charge in [-0.3, -0.25) is 4.79 Å². The molecular formula is C32H43BrClN3O4. The van der Waals surface area contributed by atoms with Gasteiger partial charge in [0.2, 0.25) is 5.88 Å². The van der Waals surface area contributed by atoms with Gasteiger partial charge in [0, 0.05) is 21.3 Å². The number of nitrogens with one attached hydrogen (secondary N) is 1. The molecule has 0 unspecified atom stereocenters. The van der Waals surface area contributed by atoms with Gasteiger partial charge in [-0.2, -0.15) is 0 Å². The summed E-state index contributed by atoms with van der Waals surface area (Å²) in [5.74, 6) is 2.25. The normalized spacial score (nSPS) is 39.4. The van der Waals surface area contributed by atoms with E-state index in [9.17, 15) is 20.1 Å². The molecule has 1 heterocycles. The van der Waals surface area contributed by atoms with E-state index in [2.05, 4.69) is 51.9 Å². The van der Waals surface area contributed by atoms with Gasteiger partial charge in [0.05, 0.1) is 17.7 Å². The first kappa shape index (κ1) is 29.6. The summed E-state index contributed by atoms with van der Waals surface area (Å²) in [5, 5.41) is 41.3. The number of carbonyl (C=O) groups excluding carboxylic acids is 1. The number of hydrogen-bond donors (Lipinski definition) is 4. The van der Waals surface area contributed by atoms with Crippen molar-refractivity contribution in [2.24, 2.45) is 56.6 Å². The van der Waals surface area contributed by atoms with Gasteiger partial charge in [-0.25, -0.2) is 0 Å². The molecular weight excluding hydrogens is 606 g/mol. The molecule has 0 spiro atoms. The number of hydrogen-bond acceptors (Lipinski definition) is 5. The number of amides is 1. The first-order valence-corrected chi connectivity index (χ1v) is 16.6. The summed E-state index contributed by atoms with van der Waals surface area (Å²) < 4.78 is 0.696. The summed E-state index contributed by atoms with van der Waals surface area (Å²) in [7, 11) is 0. The number of H-pyrrole nitrogens is 1. The summed E-state index contributed by atoms with van der Waals surface area (Å²) in [6.07, 6.45) is 8.84. The molecule has 4 fully saturated rings. The first-order valence-electron chi connectivity index (χ1n) is 15.4. The van der Waals surface area contributed by atoms with Crippen molar-refractivity contribution in [2.45, 2.75) is 97.2 Å². The van der Waals surface area contributed by atoms with Crippen molar-refractivity contribution >= 4 is 50.0 Å². The third-order valence-corrected chi connectivity index (χ3v) is 13.1. The quantitative estimate of drug-likeness (QED) is 0.244. The van der Waals surface area contributed by atoms with Gasteiger partial charge < -0.3 is 20.3 Å². The van der Waals surface area contributed by atoms with E-state index in [-0.39, 0.29) is 40.5 Å². The van der Waals surface area contributed by atoms with Crippen molar-refractivity contribution in [1.29, 1.82) is 0 Å². The predicted molar refractivity (Wildman–Crippen MR) is 163 cm³/mol. The van der Waals surface area contributed by atoms with E-state index in [0.29, 0.717) is 62.3 Å². The second kappa shape index (κ2) is 10.9. The standard InChI is InChI=1S/C32H43BrClN3O4/c1-16(4-7-26(40)36-37-29-20-14-18(34)15-24(33)28(20)35-30(29)41)21-5-6-22-27-23(9-11-32(21,22)3)31(2)10-8-19(38)12-17(31)13-25(27)39/h14-17,19,21-23,25,27,35,38-39,41H,4-13H2,1-3H3/t16-,17-,19-,21+,22-,23+,25-,27-,31-,32-/m1/s1. The Morgan fingerprint density at radius 2 is 1.85 bits per heavy atom. The van der Waals surface area contributed by atoms with Crippen molar-refractivity contribution in [1.82, 2.24) is 4.98 Å². The lowest BCUT2D eigenvalue weighted by molar-refractivity contribution is -0.174. The summed E-state index contributed by atoms with van der Waals surface area (Å²) in [6, 6.07) is 3.41. The molecule has 0 saturated heterocycles. The summed E-state index contributed by atoms with van der Waals surface area (Å²) in [6.45, 7) is 7.18. The molecule has 1 aromatic carbocycles. The lowest BCUT2D eigenvalue weighted by Crippen LogP contribution is -2.58. The Kier molecular flexibility index (Phi) is 7.87. The zero-order chi connectivity index (χ0) is 29.3. The Balaban J connectivity index is 1.11. The number of fused-ring (bicyclic) bond motifs is 6. The number of benzene rings is 1. The van der Waals surface area contributed by atoms with Gasteiger partial charge >= 0.3 is 0 Å². The summed E-state index contributed by atoms with van der Waals surface area (Å²) in [4.78, 5) is 15.6. The topological polar surface area (TPSA) is 118 Å². The number of azo groups is 1. The van der Waals surface area contributed by atoms with Crippen LogP contribution in [0.2, 0.25) is 5.02 Å². The van der Waals surface area contributed by atoms with E-state index in [0.717, 1.165) is 51.4 Å². The van der Waals surface area contributed by atoms with E-state index in [1.165, 1.54) is 6.42 Å². The maximum atomic E-state index is 12.8. The Hall–Kier alpha value is -1.48. The number of aromatic nitrogens is 1. The highest BCUT2D eigenvalue weighted by atomic mass is 79.9. The second-order valence-corrected chi connectivity index (χ2v) is 15.5. The van der Waals surface area contributed by atoms with Crippen LogP contribution in [-0.2, 0) is 4.79 Å². The molecule has 1 amide bonds. The fourth-order valence-electron chi connectivity index (χ4n) is 10.2. The molecule has 2 aromatic rings. The highest BCUT2D eigenvalue weighted by Crippen LogP contribution is 2.68. The molecule has 10 atom stereocenters. The molecule has 224 valence electrons. The number of aliphatic hydroxyl groups is 2. The zero-order valence-corrected chi connectivity index (χ0v) is 26.6. The van der Waals surface area contributed by atoms with Crippen molar-refractivity contribution in [2.75, 3.05) is 0 Å². The van der Waals surface area contributed by atoms with Crippen LogP contribution in [0.5, 0.6) is 5.88 Å². The van der Waals surface area contributed by atoms with E-state index in [1.807, 2.05) is 0 Å². The monoisotopic (exact) mass is 647 g/mol. The SMILES string of the molecule is C[C@H](CCC(=O)N=Nc1c(O)[nH]c2c(Br)cc(Cl)cc12)[C@@H]1CC[C@@H]2[C@H]3[C@H](O)C[C@H]4C[C@H](O)CC[C@@]4(C)[C@H]3CC[C@@]21C. The van der Waals surface area contributed by atoms with Gasteiger partial charge in [0.25, 0.3) is 5.91 Å². The maximum absolute atomic E-state index is 12.8. The van der Waals surface area contributed by atoms with Gasteiger partial charge in [0.1, 0.15) is 0 Å². The number of aromatic hydroxyl groups is 1. The summed E-state index contributed by atoms with van der Waals surface area (Å²) >= 11 is 9.60. The second-order valence-electron chi connectivity index (χ2n) is 14.2. The fraction of sp³-hybridized carbons (Fsp3) is 0.719. The molecule has 4 N–H and O–H groups in total. The molecule has 6 rings (SSSR count). The van der Waals surface area contributed by atoms with Crippen LogP contribution in [-0.4, -0.2) is 38.4 Å². The number of aromatic amines is 1. The highest BCUT2D eigenvalue weighted by molar-refractivity contribution is 9.10. The van der Waals surface area contributed by atoms with Crippen LogP contribution >= 0.6 is 27.5 Å². The summed E-state index contributed by atoms with van der Waals surface area (Å²) in [5.41, 5.74) is 1.26. The zero-order valence-electron chi connectivity index (χ0n) is 24.2. The lowest BCUT2D eigenvalue weighted by atomic mass is 9.43. The smallest absolute Gasteiger partial charge is 0.264 e. The Labute approximate surface area is 255 Å². The Bertz CT molecular complexity index is 1360. The molecule has 1 aromatic heterocycles. The molecule has 7 nitrogen and oxygen atoms in total. The van der Waals surface area contributed by atoms with Crippen molar-refractivity contribution in [3.05, 3.63) is 21.6 Å². The van der Waals surface area contributed by atoms with Crippen LogP contribution in [0.15, 0.2) is 26.8 Å². The van der Waals surface area contributed by atoms with Crippen molar-refractivity contribution in [3.8, 4) is 5.88 Å². The predicted octanol–water partition coefficient (Wildman–Crippen LogP) is 8.31. The van der Waals surface area contributed by atoms with Gasteiger partial charge in [-0.05, 0) is 132 Å². The molecule has 9 heteroatoms. The molecule has 0 aliphatic heterocycles. The maximum Gasteiger partial charge on any atom is 0.264 e. The van der Waals surface area contributed by atoms with Crippen LogP contribution in [0, 0.1) is 46.3 Å². The molecule has 4 saturated carbocycles. The average molecular weight is 649 g/mol. The lowest BCUT2D eigenvalue weighted by Gasteiger charge is -2.62. The van der Waals surface area contributed by atoms with Crippen molar-refractivity contribution < 1.29 is 20.1 Å². The van der Waals surface area contributed by atoms with Gasteiger partial charge in [-0.1, -0.05) is 32.4 Å². The number of carbonyl (C=O) groups is 1. The van der Waals surface area contributed by atoms with Crippen LogP contribution in [0.4, 0.5) is 5.69 Å². The minimum Gasteiger partial charge on any atom is -0.493 e. The highest BCUT2D eigenvalue weighted by Gasteiger charge is 2.62. The molecule has 0 bridgehead atoms. The Morgan fingerprint density at radius 3 is 2.63 bits per heavy atom. The number of rotatable bonds is 5. The molecule has 0 radical (unpaired) electrons. The first-order chi connectivity index (χ1) is 19.4. The number of halogens is 2.